The Morgan fingerprint density at radius 1 is 1.27 bits per heavy atom. The van der Waals surface area contributed by atoms with Crippen molar-refractivity contribution in [3.8, 4) is 0 Å². The maximum absolute atomic E-state index is 13.3. The molecular formula is C21H24O5. The van der Waals surface area contributed by atoms with Gasteiger partial charge in [-0.25, -0.2) is 0 Å². The summed E-state index contributed by atoms with van der Waals surface area (Å²) in [7, 11) is 0. The molecule has 0 radical (unpaired) electrons. The summed E-state index contributed by atoms with van der Waals surface area (Å²) in [6, 6.07) is 0. The van der Waals surface area contributed by atoms with Gasteiger partial charge in [-0.2, -0.15) is 0 Å². The fourth-order valence-electron chi connectivity index (χ4n) is 6.09. The van der Waals surface area contributed by atoms with Crippen molar-refractivity contribution in [2.45, 2.75) is 38.7 Å². The van der Waals surface area contributed by atoms with E-state index in [2.05, 4.69) is 0 Å². The molecule has 5 nitrogen and oxygen atoms in total. The van der Waals surface area contributed by atoms with Crippen LogP contribution in [0.15, 0.2) is 36.0 Å². The third kappa shape index (κ3) is 1.96. The number of fused-ring (bicyclic) bond motifs is 5. The molecule has 4 aliphatic rings. The van der Waals surface area contributed by atoms with Gasteiger partial charge in [-0.1, -0.05) is 32.1 Å². The van der Waals surface area contributed by atoms with Gasteiger partial charge in [0.05, 0.1) is 0 Å². The van der Waals surface area contributed by atoms with Crippen LogP contribution in [0.25, 0.3) is 0 Å². The van der Waals surface area contributed by atoms with Gasteiger partial charge in [0.2, 0.25) is 0 Å². The molecule has 1 unspecified atom stereocenters. The van der Waals surface area contributed by atoms with Crippen molar-refractivity contribution in [1.82, 2.24) is 0 Å². The van der Waals surface area contributed by atoms with Crippen molar-refractivity contribution < 1.29 is 24.6 Å². The van der Waals surface area contributed by atoms with Gasteiger partial charge in [0, 0.05) is 23.2 Å². The number of aliphatic hydroxyl groups is 2. The normalized spacial score (nSPS) is 46.5. The molecule has 0 bridgehead atoms. The average Bonchev–Trinajstić information content (AvgIpc) is 2.86. The molecule has 2 saturated carbocycles. The van der Waals surface area contributed by atoms with Crippen LogP contribution in [0.4, 0.5) is 0 Å². The van der Waals surface area contributed by atoms with Crippen LogP contribution >= 0.6 is 0 Å². The quantitative estimate of drug-likeness (QED) is 0.783. The van der Waals surface area contributed by atoms with Gasteiger partial charge in [-0.3, -0.25) is 14.4 Å². The summed E-state index contributed by atoms with van der Waals surface area (Å²) in [5, 5.41) is 20.4. The van der Waals surface area contributed by atoms with E-state index in [-0.39, 0.29) is 42.2 Å². The van der Waals surface area contributed by atoms with E-state index in [4.69, 9.17) is 0 Å². The van der Waals surface area contributed by atoms with Gasteiger partial charge < -0.3 is 10.2 Å². The van der Waals surface area contributed by atoms with Crippen LogP contribution in [0.1, 0.15) is 33.1 Å². The van der Waals surface area contributed by atoms with E-state index in [1.54, 1.807) is 6.08 Å². The van der Waals surface area contributed by atoms with E-state index in [9.17, 15) is 24.6 Å². The van der Waals surface area contributed by atoms with Crippen LogP contribution in [0, 0.1) is 28.6 Å². The monoisotopic (exact) mass is 356 g/mol. The number of hydrogen-bond donors (Lipinski definition) is 2. The summed E-state index contributed by atoms with van der Waals surface area (Å²) in [5.74, 6) is -1.07. The lowest BCUT2D eigenvalue weighted by Crippen LogP contribution is -2.60. The zero-order valence-corrected chi connectivity index (χ0v) is 15.1. The first-order valence-electron chi connectivity index (χ1n) is 9.20. The summed E-state index contributed by atoms with van der Waals surface area (Å²) in [6.07, 6.45) is 9.88. The second-order valence-electron chi connectivity index (χ2n) is 8.68. The third-order valence-corrected chi connectivity index (χ3v) is 7.58. The molecule has 0 aromatic rings. The van der Waals surface area contributed by atoms with Crippen LogP contribution in [0.2, 0.25) is 0 Å². The number of aliphatic hydroxyl groups excluding tert-OH is 1. The molecule has 6 atom stereocenters. The number of rotatable bonds is 2. The Bertz CT molecular complexity index is 805. The van der Waals surface area contributed by atoms with Crippen molar-refractivity contribution >= 4 is 17.3 Å². The fraction of sp³-hybridized carbons (Fsp3) is 0.571. The first kappa shape index (κ1) is 17.6. The number of allylic oxidation sites excluding steroid dienone is 6. The molecule has 138 valence electrons. The molecule has 4 rings (SSSR count). The molecule has 4 aliphatic carbocycles. The summed E-state index contributed by atoms with van der Waals surface area (Å²) in [4.78, 5) is 37.3. The maximum Gasteiger partial charge on any atom is 0.190 e. The summed E-state index contributed by atoms with van der Waals surface area (Å²) >= 11 is 0. The molecule has 0 amide bonds. The van der Waals surface area contributed by atoms with E-state index >= 15 is 0 Å². The van der Waals surface area contributed by atoms with Gasteiger partial charge in [0.25, 0.3) is 0 Å². The predicted molar refractivity (Wildman–Crippen MR) is 94.0 cm³/mol. The van der Waals surface area contributed by atoms with Gasteiger partial charge in [-0.05, 0) is 42.4 Å². The highest BCUT2D eigenvalue weighted by Gasteiger charge is 2.67. The molecule has 0 heterocycles. The van der Waals surface area contributed by atoms with Crippen LogP contribution < -0.4 is 0 Å². The Kier molecular flexibility index (Phi) is 3.60. The number of Topliss-reactive ketones (excluding diaryl/α,β-unsaturated/α-hetero) is 2. The first-order valence-corrected chi connectivity index (χ1v) is 9.20. The van der Waals surface area contributed by atoms with Crippen LogP contribution in [-0.2, 0) is 14.4 Å². The third-order valence-electron chi connectivity index (χ3n) is 7.58. The molecule has 0 aromatic carbocycles. The first-order chi connectivity index (χ1) is 12.2. The molecule has 0 aromatic heterocycles. The minimum absolute atomic E-state index is 0.0107. The number of ketones is 3. The second kappa shape index (κ2) is 5.33. The number of carbonyl (C=O) groups excluding carboxylic acids is 3. The van der Waals surface area contributed by atoms with Gasteiger partial charge >= 0.3 is 0 Å². The van der Waals surface area contributed by atoms with Crippen LogP contribution in [0.3, 0.4) is 0 Å². The van der Waals surface area contributed by atoms with Gasteiger partial charge in [0.1, 0.15) is 18.0 Å². The molecular weight excluding hydrogens is 332 g/mol. The Morgan fingerprint density at radius 3 is 2.69 bits per heavy atom. The van der Waals surface area contributed by atoms with Crippen molar-refractivity contribution in [2.24, 2.45) is 28.6 Å². The molecule has 0 aliphatic heterocycles. The van der Waals surface area contributed by atoms with Crippen LogP contribution in [0.5, 0.6) is 0 Å². The van der Waals surface area contributed by atoms with E-state index < -0.39 is 28.8 Å². The number of carbonyl (C=O) groups is 3. The van der Waals surface area contributed by atoms with Crippen molar-refractivity contribution in [2.75, 3.05) is 6.61 Å². The van der Waals surface area contributed by atoms with Crippen molar-refractivity contribution in [3.63, 3.8) is 0 Å². The zero-order chi connectivity index (χ0) is 18.9. The second-order valence-corrected chi connectivity index (χ2v) is 8.68. The standard InChI is InChI=1S/C21H24O5/c1-19-7-5-13(23)9-12(19)3-4-14-15-6-8-21(26,17(25)11-22)20(15,2)10-16(24)18(14)19/h3-5,7,9,14-15,18,22,26H,6,8,10-11H2,1-2H3/t14-,15-,18+,19?,20-,21-/m0/s1. The van der Waals surface area contributed by atoms with Crippen molar-refractivity contribution in [1.29, 1.82) is 0 Å². The smallest absolute Gasteiger partial charge is 0.190 e. The summed E-state index contributed by atoms with van der Waals surface area (Å²) < 4.78 is 0. The Labute approximate surface area is 152 Å². The highest BCUT2D eigenvalue weighted by atomic mass is 16.3. The summed E-state index contributed by atoms with van der Waals surface area (Å²) in [6.45, 7) is 3.09. The fourth-order valence-corrected chi connectivity index (χ4v) is 6.09. The van der Waals surface area contributed by atoms with Gasteiger partial charge in [0.15, 0.2) is 11.6 Å². The number of hydrogen-bond acceptors (Lipinski definition) is 5. The molecule has 26 heavy (non-hydrogen) atoms. The molecule has 5 heteroatoms. The van der Waals surface area contributed by atoms with E-state index in [1.807, 2.05) is 32.1 Å². The molecule has 0 saturated heterocycles. The lowest BCUT2D eigenvalue weighted by atomic mass is 9.48. The van der Waals surface area contributed by atoms with Gasteiger partial charge in [-0.15, -0.1) is 0 Å². The average molecular weight is 356 g/mol. The minimum Gasteiger partial charge on any atom is -0.388 e. The Morgan fingerprint density at radius 2 is 2.00 bits per heavy atom. The van der Waals surface area contributed by atoms with E-state index in [0.29, 0.717) is 6.42 Å². The van der Waals surface area contributed by atoms with Crippen LogP contribution in [-0.4, -0.2) is 39.8 Å². The molecule has 0 spiro atoms. The van der Waals surface area contributed by atoms with E-state index in [1.165, 1.54) is 6.08 Å². The topological polar surface area (TPSA) is 91.7 Å². The molecule has 2 N–H and O–H groups in total. The Balaban J connectivity index is 1.81. The zero-order valence-electron chi connectivity index (χ0n) is 15.1. The highest BCUT2D eigenvalue weighted by molar-refractivity contribution is 6.02. The van der Waals surface area contributed by atoms with Crippen molar-refractivity contribution in [3.05, 3.63) is 36.0 Å². The lowest BCUT2D eigenvalue weighted by molar-refractivity contribution is -0.165. The SMILES string of the molecule is CC12C=CC(=O)C=C1C=C[C@@H]1[C@@H]2C(=O)C[C@@]2(C)[C@H]1CC[C@]2(O)C(=O)CO. The largest absolute Gasteiger partial charge is 0.388 e. The predicted octanol–water partition coefficient (Wildman–Crippen LogP) is 1.54. The lowest BCUT2D eigenvalue weighted by Gasteiger charge is -2.54. The molecule has 2 fully saturated rings. The van der Waals surface area contributed by atoms with E-state index in [0.717, 1.165) is 5.57 Å². The summed E-state index contributed by atoms with van der Waals surface area (Å²) in [5.41, 5.74) is -2.21. The maximum atomic E-state index is 13.3. The highest BCUT2D eigenvalue weighted by Crippen LogP contribution is 2.64. The minimum atomic E-state index is -1.66. The Hall–Kier alpha value is -1.85.